The van der Waals surface area contributed by atoms with Crippen LogP contribution in [-0.4, -0.2) is 45.2 Å². The fraction of sp³-hybridized carbons (Fsp3) is 0.267. The Bertz CT molecular complexity index is 727. The van der Waals surface area contributed by atoms with Gasteiger partial charge in [-0.05, 0) is 11.0 Å². The molecule has 0 radical (unpaired) electrons. The van der Waals surface area contributed by atoms with Crippen molar-refractivity contribution >= 4 is 41.1 Å². The van der Waals surface area contributed by atoms with Gasteiger partial charge in [0.05, 0.1) is 5.03 Å². The fourth-order valence-corrected chi connectivity index (χ4v) is 4.11. The number of nitrogens with zero attached hydrogens (tertiary/aromatic N) is 1. The second-order valence-corrected chi connectivity index (χ2v) is 6.82. The first-order chi connectivity index (χ1) is 11.4. The Hall–Kier alpha value is -2.03. The molecule has 0 unspecified atom stereocenters. The molecule has 1 fully saturated rings. The van der Waals surface area contributed by atoms with Crippen molar-refractivity contribution in [2.45, 2.75) is 23.5 Å². The van der Waals surface area contributed by atoms with E-state index >= 15 is 0 Å². The van der Waals surface area contributed by atoms with Gasteiger partial charge in [-0.15, -0.1) is 11.8 Å². The van der Waals surface area contributed by atoms with Crippen LogP contribution in [0.4, 0.5) is 0 Å². The van der Waals surface area contributed by atoms with Crippen LogP contribution in [0, 0.1) is 0 Å². The number of halogens is 1. The normalized spacial score (nSPS) is 26.8. The summed E-state index contributed by atoms with van der Waals surface area (Å²) in [5.41, 5.74) is 6.53. The monoisotopic (exact) mass is 367 g/mol. The topological polar surface area (TPSA) is 113 Å². The van der Waals surface area contributed by atoms with E-state index in [-0.39, 0.29) is 5.03 Å². The number of rotatable bonds is 4. The average Bonchev–Trinajstić information content (AvgIpc) is 2.59. The van der Waals surface area contributed by atoms with Crippen molar-refractivity contribution in [2.75, 3.05) is 0 Å². The number of hydrogen-bond donors (Lipinski definition) is 3. The van der Waals surface area contributed by atoms with Gasteiger partial charge < -0.3 is 21.1 Å². The van der Waals surface area contributed by atoms with Gasteiger partial charge in [-0.3, -0.25) is 9.59 Å². The molecule has 4 N–H and O–H groups in total. The highest BCUT2D eigenvalue weighted by Gasteiger charge is 2.55. The summed E-state index contributed by atoms with van der Waals surface area (Å²) in [7, 11) is 0. The number of carbonyl (C=O) groups excluding carboxylic acids is 2. The summed E-state index contributed by atoms with van der Waals surface area (Å²) in [6.45, 7) is 0. The second kappa shape index (κ2) is 6.46. The number of fused-ring (bicyclic) bond motifs is 1. The molecule has 4 atom stereocenters. The van der Waals surface area contributed by atoms with Crippen molar-refractivity contribution in [3.05, 3.63) is 46.3 Å². The molecule has 1 aromatic rings. The van der Waals surface area contributed by atoms with Crippen LogP contribution in [-0.2, 0) is 14.4 Å². The molecule has 0 spiro atoms. The zero-order chi connectivity index (χ0) is 17.4. The van der Waals surface area contributed by atoms with Gasteiger partial charge in [-0.1, -0.05) is 41.9 Å². The lowest BCUT2D eigenvalue weighted by molar-refractivity contribution is -0.159. The standard InChI is InChI=1S/C15H14ClN3O4S/c16-8-6-24-14-10(13(21)19(14)11(8)15(22)23)18-12(20)9(17)7-4-2-1-3-5-7/h1-6,9-11,14H,17H2,(H,18,20)(H,22,23)/t9-,10+,11-,14+/m0/s1. The van der Waals surface area contributed by atoms with Crippen LogP contribution >= 0.6 is 23.4 Å². The summed E-state index contributed by atoms with van der Waals surface area (Å²) in [6, 6.07) is 5.84. The lowest BCUT2D eigenvalue weighted by Crippen LogP contribution is -2.74. The van der Waals surface area contributed by atoms with Crippen LogP contribution in [0.25, 0.3) is 0 Å². The van der Waals surface area contributed by atoms with Crippen LogP contribution in [0.2, 0.25) is 0 Å². The van der Waals surface area contributed by atoms with Gasteiger partial charge in [0.15, 0.2) is 6.04 Å². The number of β-lactam (4-membered cyclic amide) rings is 1. The molecule has 2 aliphatic heterocycles. The SMILES string of the molecule is N[C@H](C(=O)N[C@@H]1C(=O)N2[C@H](C(=O)O)C(Cl)=CS[C@H]12)c1ccccc1. The third-order valence-electron chi connectivity index (χ3n) is 3.91. The summed E-state index contributed by atoms with van der Waals surface area (Å²) in [5, 5.41) is 12.9. The number of amides is 2. The Kier molecular flexibility index (Phi) is 4.53. The highest BCUT2D eigenvalue weighted by Crippen LogP contribution is 2.41. The van der Waals surface area contributed by atoms with Crippen LogP contribution in [0.15, 0.2) is 40.8 Å². The van der Waals surface area contributed by atoms with Crippen LogP contribution in [0.3, 0.4) is 0 Å². The van der Waals surface area contributed by atoms with E-state index in [2.05, 4.69) is 5.32 Å². The molecule has 2 aliphatic rings. The zero-order valence-electron chi connectivity index (χ0n) is 12.3. The Morgan fingerprint density at radius 2 is 2.00 bits per heavy atom. The summed E-state index contributed by atoms with van der Waals surface area (Å²) in [6.07, 6.45) is 0. The molecule has 0 saturated carbocycles. The van der Waals surface area contributed by atoms with Gasteiger partial charge in [0.1, 0.15) is 17.5 Å². The quantitative estimate of drug-likeness (QED) is 0.672. The molecular weight excluding hydrogens is 354 g/mol. The van der Waals surface area contributed by atoms with Crippen LogP contribution < -0.4 is 11.1 Å². The first-order valence-corrected chi connectivity index (χ1v) is 8.41. The third kappa shape index (κ3) is 2.77. The molecular formula is C15H14ClN3O4S. The number of carboxylic acids is 1. The Labute approximate surface area is 146 Å². The number of carbonyl (C=O) groups is 3. The van der Waals surface area contributed by atoms with E-state index in [1.165, 1.54) is 17.2 Å². The Morgan fingerprint density at radius 3 is 2.62 bits per heavy atom. The molecule has 3 rings (SSSR count). The molecule has 2 amide bonds. The van der Waals surface area contributed by atoms with E-state index in [0.717, 1.165) is 4.90 Å². The Balaban J connectivity index is 1.71. The van der Waals surface area contributed by atoms with E-state index in [1.807, 2.05) is 6.07 Å². The summed E-state index contributed by atoms with van der Waals surface area (Å²) >= 11 is 7.08. The molecule has 0 aliphatic carbocycles. The number of carboxylic acid groups (broad SMARTS) is 1. The van der Waals surface area contributed by atoms with Crippen molar-refractivity contribution in [1.82, 2.24) is 10.2 Å². The molecule has 0 aromatic heterocycles. The number of benzene rings is 1. The van der Waals surface area contributed by atoms with E-state index < -0.39 is 41.3 Å². The molecule has 24 heavy (non-hydrogen) atoms. The summed E-state index contributed by atoms with van der Waals surface area (Å²) in [5.74, 6) is -2.19. The van der Waals surface area contributed by atoms with E-state index in [9.17, 15) is 19.5 Å². The first-order valence-electron chi connectivity index (χ1n) is 7.08. The highest BCUT2D eigenvalue weighted by atomic mass is 35.5. The van der Waals surface area contributed by atoms with Crippen molar-refractivity contribution in [1.29, 1.82) is 0 Å². The highest BCUT2D eigenvalue weighted by molar-refractivity contribution is 8.03. The number of nitrogens with two attached hydrogens (primary N) is 1. The summed E-state index contributed by atoms with van der Waals surface area (Å²) in [4.78, 5) is 37.0. The minimum atomic E-state index is -1.21. The zero-order valence-corrected chi connectivity index (χ0v) is 13.8. The maximum absolute atomic E-state index is 12.3. The van der Waals surface area contributed by atoms with Crippen molar-refractivity contribution in [3.8, 4) is 0 Å². The molecule has 126 valence electrons. The Morgan fingerprint density at radius 1 is 1.33 bits per heavy atom. The van der Waals surface area contributed by atoms with Gasteiger partial charge in [0.2, 0.25) is 11.8 Å². The number of thioether (sulfide) groups is 1. The van der Waals surface area contributed by atoms with Gasteiger partial charge in [-0.25, -0.2) is 4.79 Å². The van der Waals surface area contributed by atoms with E-state index in [1.54, 1.807) is 24.3 Å². The number of nitrogens with one attached hydrogen (secondary N) is 1. The lowest BCUT2D eigenvalue weighted by atomic mass is 10.0. The molecule has 1 saturated heterocycles. The number of hydrogen-bond acceptors (Lipinski definition) is 5. The summed E-state index contributed by atoms with van der Waals surface area (Å²) < 4.78 is 0. The van der Waals surface area contributed by atoms with Gasteiger partial charge in [-0.2, -0.15) is 0 Å². The van der Waals surface area contributed by atoms with Crippen LogP contribution in [0.1, 0.15) is 11.6 Å². The average molecular weight is 368 g/mol. The minimum Gasteiger partial charge on any atom is -0.479 e. The predicted octanol–water partition coefficient (Wildman–Crippen LogP) is 0.620. The molecule has 7 nitrogen and oxygen atoms in total. The van der Waals surface area contributed by atoms with Gasteiger partial charge in [0.25, 0.3) is 0 Å². The maximum Gasteiger partial charge on any atom is 0.332 e. The van der Waals surface area contributed by atoms with Gasteiger partial charge >= 0.3 is 5.97 Å². The van der Waals surface area contributed by atoms with Crippen LogP contribution in [0.5, 0.6) is 0 Å². The van der Waals surface area contributed by atoms with E-state index in [4.69, 9.17) is 17.3 Å². The third-order valence-corrected chi connectivity index (χ3v) is 5.53. The molecule has 1 aromatic carbocycles. The van der Waals surface area contributed by atoms with E-state index in [0.29, 0.717) is 5.56 Å². The molecule has 9 heteroatoms. The first kappa shape index (κ1) is 16.8. The van der Waals surface area contributed by atoms with Gasteiger partial charge in [0, 0.05) is 0 Å². The van der Waals surface area contributed by atoms with Crippen molar-refractivity contribution in [2.24, 2.45) is 5.73 Å². The second-order valence-electron chi connectivity index (χ2n) is 5.39. The largest absolute Gasteiger partial charge is 0.479 e. The fourth-order valence-electron chi connectivity index (χ4n) is 2.66. The van der Waals surface area contributed by atoms with Crippen molar-refractivity contribution in [3.63, 3.8) is 0 Å². The minimum absolute atomic E-state index is 0.0721. The maximum atomic E-state index is 12.3. The predicted molar refractivity (Wildman–Crippen MR) is 88.9 cm³/mol. The van der Waals surface area contributed by atoms with Crippen molar-refractivity contribution < 1.29 is 19.5 Å². The lowest BCUT2D eigenvalue weighted by Gasteiger charge is -2.50. The molecule has 2 heterocycles. The smallest absolute Gasteiger partial charge is 0.332 e. The number of aliphatic carboxylic acids is 1. The molecule has 0 bridgehead atoms.